The number of carbonyl (C=O) groups is 1. The monoisotopic (exact) mass is 386 g/mol. The molecule has 2 fully saturated rings. The summed E-state index contributed by atoms with van der Waals surface area (Å²) in [4.78, 5) is 15.1. The van der Waals surface area contributed by atoms with Crippen LogP contribution in [-0.2, 0) is 23.1 Å². The van der Waals surface area contributed by atoms with Crippen LogP contribution in [0.2, 0.25) is 0 Å². The van der Waals surface area contributed by atoms with Gasteiger partial charge in [0.25, 0.3) is 0 Å². The fourth-order valence-electron chi connectivity index (χ4n) is 4.38. The van der Waals surface area contributed by atoms with Crippen molar-refractivity contribution < 1.29 is 13.9 Å². The maximum Gasteiger partial charge on any atom is 0.226 e. The van der Waals surface area contributed by atoms with Crippen LogP contribution in [0.4, 0.5) is 4.39 Å². The molecule has 2 aromatic rings. The highest BCUT2D eigenvalue weighted by Crippen LogP contribution is 2.41. The predicted octanol–water partition coefficient (Wildman–Crippen LogP) is 2.07. The van der Waals surface area contributed by atoms with Gasteiger partial charge in [-0.1, -0.05) is 12.1 Å². The number of benzene rings is 1. The first-order valence-corrected chi connectivity index (χ1v) is 9.94. The van der Waals surface area contributed by atoms with Crippen LogP contribution in [0, 0.1) is 11.7 Å². The van der Waals surface area contributed by atoms with Crippen LogP contribution >= 0.6 is 0 Å². The van der Waals surface area contributed by atoms with E-state index in [1.54, 1.807) is 4.68 Å². The molecule has 1 saturated carbocycles. The maximum absolute atomic E-state index is 13.4. The van der Waals surface area contributed by atoms with Crippen LogP contribution < -0.4 is 5.32 Å². The van der Waals surface area contributed by atoms with Crippen molar-refractivity contribution in [1.82, 2.24) is 20.0 Å². The molecule has 28 heavy (non-hydrogen) atoms. The third-order valence-electron chi connectivity index (χ3n) is 5.84. The smallest absolute Gasteiger partial charge is 0.226 e. The number of nitrogens with one attached hydrogen (secondary N) is 1. The Labute approximate surface area is 164 Å². The van der Waals surface area contributed by atoms with Crippen LogP contribution in [0.3, 0.4) is 0 Å². The summed E-state index contributed by atoms with van der Waals surface area (Å²) in [7, 11) is 1.90. The normalized spacial score (nSPS) is 25.2. The van der Waals surface area contributed by atoms with Gasteiger partial charge in [0.15, 0.2) is 0 Å². The second-order valence-corrected chi connectivity index (χ2v) is 7.73. The molecule has 1 aliphatic carbocycles. The van der Waals surface area contributed by atoms with E-state index in [2.05, 4.69) is 10.4 Å². The molecule has 2 heterocycles. The molecule has 1 aromatic carbocycles. The number of rotatable bonds is 5. The zero-order chi connectivity index (χ0) is 19.5. The van der Waals surface area contributed by atoms with Crippen molar-refractivity contribution in [2.45, 2.75) is 31.3 Å². The Morgan fingerprint density at radius 3 is 2.64 bits per heavy atom. The molecular formula is C21H27FN4O2. The predicted molar refractivity (Wildman–Crippen MR) is 103 cm³/mol. The first kappa shape index (κ1) is 19.1. The van der Waals surface area contributed by atoms with Crippen LogP contribution in [0.25, 0.3) is 0 Å². The summed E-state index contributed by atoms with van der Waals surface area (Å²) in [5.41, 5.74) is 2.03. The summed E-state index contributed by atoms with van der Waals surface area (Å²) in [6.45, 7) is 3.18. The Kier molecular flexibility index (Phi) is 5.73. The van der Waals surface area contributed by atoms with Gasteiger partial charge < -0.3 is 15.0 Å². The molecule has 1 amide bonds. The highest BCUT2D eigenvalue weighted by Gasteiger charge is 2.41. The van der Waals surface area contributed by atoms with E-state index in [4.69, 9.17) is 4.74 Å². The van der Waals surface area contributed by atoms with Gasteiger partial charge in [0, 0.05) is 44.8 Å². The second kappa shape index (κ2) is 8.41. The minimum Gasteiger partial charge on any atom is -0.378 e. The van der Waals surface area contributed by atoms with E-state index in [0.29, 0.717) is 32.8 Å². The standard InChI is InChI=1S/C21H27FN4O2/c1-25-7-6-17(24-25)14-23-18-12-19(15-2-4-16(22)5-3-15)20(13-18)21(27)26-8-10-28-11-9-26/h2-7,18-20,23H,8-14H2,1H3/t18-,19+,20-/m0/s1. The summed E-state index contributed by atoms with van der Waals surface area (Å²) < 4.78 is 20.6. The molecular weight excluding hydrogens is 359 g/mol. The molecule has 0 spiro atoms. The lowest BCUT2D eigenvalue weighted by Gasteiger charge is -2.31. The summed E-state index contributed by atoms with van der Waals surface area (Å²) in [5.74, 6) is -0.0515. The van der Waals surface area contributed by atoms with E-state index in [0.717, 1.165) is 24.1 Å². The average molecular weight is 386 g/mol. The summed E-state index contributed by atoms with van der Waals surface area (Å²) in [6, 6.07) is 8.84. The minimum atomic E-state index is -0.248. The third kappa shape index (κ3) is 4.25. The summed E-state index contributed by atoms with van der Waals surface area (Å²) in [5, 5.41) is 7.97. The van der Waals surface area contributed by atoms with E-state index in [1.807, 2.05) is 36.3 Å². The minimum absolute atomic E-state index is 0.0928. The molecule has 3 atom stereocenters. The van der Waals surface area contributed by atoms with Crippen LogP contribution in [0.15, 0.2) is 36.5 Å². The number of aromatic nitrogens is 2. The quantitative estimate of drug-likeness (QED) is 0.855. The number of amides is 1. The third-order valence-corrected chi connectivity index (χ3v) is 5.84. The van der Waals surface area contributed by atoms with Crippen molar-refractivity contribution in [1.29, 1.82) is 0 Å². The topological polar surface area (TPSA) is 59.4 Å². The first-order valence-electron chi connectivity index (χ1n) is 9.94. The number of hydrogen-bond acceptors (Lipinski definition) is 4. The van der Waals surface area contributed by atoms with Crippen molar-refractivity contribution >= 4 is 5.91 Å². The van der Waals surface area contributed by atoms with Gasteiger partial charge in [-0.2, -0.15) is 5.10 Å². The van der Waals surface area contributed by atoms with Gasteiger partial charge in [-0.3, -0.25) is 9.48 Å². The number of nitrogens with zero attached hydrogens (tertiary/aromatic N) is 3. The number of halogens is 1. The highest BCUT2D eigenvalue weighted by molar-refractivity contribution is 5.80. The van der Waals surface area contributed by atoms with Gasteiger partial charge in [0.05, 0.1) is 18.9 Å². The molecule has 4 rings (SSSR count). The highest BCUT2D eigenvalue weighted by atomic mass is 19.1. The SMILES string of the molecule is Cn1ccc(CN[C@@H]2C[C@H](C(=O)N3CCOCC3)[C@@H](c3ccc(F)cc3)C2)n1. The largest absolute Gasteiger partial charge is 0.378 e. The molecule has 0 bridgehead atoms. The first-order chi connectivity index (χ1) is 13.6. The lowest BCUT2D eigenvalue weighted by molar-refractivity contribution is -0.140. The Balaban J connectivity index is 1.48. The van der Waals surface area contributed by atoms with Gasteiger partial charge in [-0.05, 0) is 42.5 Å². The summed E-state index contributed by atoms with van der Waals surface area (Å²) >= 11 is 0. The number of carbonyl (C=O) groups excluding carboxylic acids is 1. The second-order valence-electron chi connectivity index (χ2n) is 7.73. The van der Waals surface area contributed by atoms with Gasteiger partial charge in [-0.25, -0.2) is 4.39 Å². The van der Waals surface area contributed by atoms with Crippen molar-refractivity contribution in [3.8, 4) is 0 Å². The van der Waals surface area contributed by atoms with Crippen LogP contribution in [0.5, 0.6) is 0 Å². The van der Waals surface area contributed by atoms with Crippen molar-refractivity contribution in [2.75, 3.05) is 26.3 Å². The molecule has 0 radical (unpaired) electrons. The molecule has 1 N–H and O–H groups in total. The van der Waals surface area contributed by atoms with E-state index in [1.165, 1.54) is 12.1 Å². The lowest BCUT2D eigenvalue weighted by atomic mass is 9.88. The van der Waals surface area contributed by atoms with Crippen LogP contribution in [0.1, 0.15) is 30.0 Å². The van der Waals surface area contributed by atoms with Crippen LogP contribution in [-0.4, -0.2) is 52.9 Å². The van der Waals surface area contributed by atoms with Gasteiger partial charge >= 0.3 is 0 Å². The zero-order valence-corrected chi connectivity index (χ0v) is 16.2. The van der Waals surface area contributed by atoms with Crippen molar-refractivity contribution in [2.24, 2.45) is 13.0 Å². The number of ether oxygens (including phenoxy) is 1. The molecule has 1 aliphatic heterocycles. The molecule has 7 heteroatoms. The zero-order valence-electron chi connectivity index (χ0n) is 16.2. The summed E-state index contributed by atoms with van der Waals surface area (Å²) in [6.07, 6.45) is 3.57. The van der Waals surface area contributed by atoms with Crippen molar-refractivity contribution in [3.05, 3.63) is 53.6 Å². The van der Waals surface area contributed by atoms with Gasteiger partial charge in [0.2, 0.25) is 5.91 Å². The molecule has 2 aliphatic rings. The van der Waals surface area contributed by atoms with E-state index in [-0.39, 0.29) is 29.6 Å². The van der Waals surface area contributed by atoms with Crippen molar-refractivity contribution in [3.63, 3.8) is 0 Å². The van der Waals surface area contributed by atoms with E-state index in [9.17, 15) is 9.18 Å². The fraction of sp³-hybridized carbons (Fsp3) is 0.524. The number of morpholine rings is 1. The Hall–Kier alpha value is -2.25. The average Bonchev–Trinajstić information content (AvgIpc) is 3.33. The van der Waals surface area contributed by atoms with Gasteiger partial charge in [-0.15, -0.1) is 0 Å². The lowest BCUT2D eigenvalue weighted by Crippen LogP contribution is -2.44. The molecule has 1 saturated heterocycles. The maximum atomic E-state index is 13.4. The number of aryl methyl sites for hydroxylation is 1. The Bertz CT molecular complexity index is 801. The molecule has 1 aromatic heterocycles. The molecule has 150 valence electrons. The van der Waals surface area contributed by atoms with E-state index >= 15 is 0 Å². The van der Waals surface area contributed by atoms with Gasteiger partial charge in [0.1, 0.15) is 5.82 Å². The Morgan fingerprint density at radius 2 is 1.96 bits per heavy atom. The fourth-order valence-corrected chi connectivity index (χ4v) is 4.38. The number of hydrogen-bond donors (Lipinski definition) is 1. The molecule has 0 unspecified atom stereocenters. The Morgan fingerprint density at radius 1 is 1.21 bits per heavy atom. The molecule has 6 nitrogen and oxygen atoms in total. The van der Waals surface area contributed by atoms with E-state index < -0.39 is 0 Å².